The first-order chi connectivity index (χ1) is 9.25. The van der Waals surface area contributed by atoms with Crippen molar-refractivity contribution in [2.24, 2.45) is 0 Å². The number of hydrogen-bond donors (Lipinski definition) is 0. The lowest BCUT2D eigenvalue weighted by Gasteiger charge is -2.21. The zero-order valence-corrected chi connectivity index (χ0v) is 12.9. The summed E-state index contributed by atoms with van der Waals surface area (Å²) in [5, 5.41) is -0.0548. The fourth-order valence-corrected chi connectivity index (χ4v) is 3.22. The van der Waals surface area contributed by atoms with Crippen LogP contribution in [0.1, 0.15) is 30.1 Å². The van der Waals surface area contributed by atoms with E-state index in [0.717, 1.165) is 25.0 Å². The second kappa shape index (κ2) is 5.50. The first kappa shape index (κ1) is 15.5. The normalized spacial score (nSPS) is 15.2. The van der Waals surface area contributed by atoms with Gasteiger partial charge in [-0.05, 0) is 31.9 Å². The summed E-state index contributed by atoms with van der Waals surface area (Å²) in [6.07, 6.45) is 1.73. The van der Waals surface area contributed by atoms with Crippen LogP contribution in [-0.4, -0.2) is 31.8 Å². The van der Waals surface area contributed by atoms with E-state index in [2.05, 4.69) is 0 Å². The number of nitrogens with zero attached hydrogens (tertiary/aromatic N) is 1. The molecule has 0 heterocycles. The van der Waals surface area contributed by atoms with Crippen molar-refractivity contribution >= 4 is 37.2 Å². The molecule has 0 N–H and O–H groups in total. The van der Waals surface area contributed by atoms with Gasteiger partial charge in [0.15, 0.2) is 5.82 Å². The number of halogens is 3. The number of amides is 1. The minimum atomic E-state index is -4.31. The summed E-state index contributed by atoms with van der Waals surface area (Å²) in [7, 11) is 0.842. The van der Waals surface area contributed by atoms with Crippen LogP contribution in [0.2, 0.25) is 5.02 Å². The highest BCUT2D eigenvalue weighted by atomic mass is 35.7. The summed E-state index contributed by atoms with van der Waals surface area (Å²) in [6, 6.07) is 2.10. The van der Waals surface area contributed by atoms with E-state index in [1.807, 2.05) is 0 Å². The van der Waals surface area contributed by atoms with Crippen molar-refractivity contribution in [2.75, 3.05) is 6.54 Å². The van der Waals surface area contributed by atoms with Crippen molar-refractivity contribution in [3.8, 4) is 0 Å². The Labute approximate surface area is 125 Å². The topological polar surface area (TPSA) is 54.5 Å². The summed E-state index contributed by atoms with van der Waals surface area (Å²) >= 11 is 5.75. The van der Waals surface area contributed by atoms with Crippen molar-refractivity contribution in [2.45, 2.75) is 30.7 Å². The van der Waals surface area contributed by atoms with Crippen LogP contribution >= 0.6 is 22.3 Å². The van der Waals surface area contributed by atoms with Gasteiger partial charge in [-0.2, -0.15) is 0 Å². The monoisotopic (exact) mass is 339 g/mol. The molecule has 1 aromatic rings. The Bertz CT molecular complexity index is 659. The standard InChI is InChI=1S/C12H12Cl2FNO3S/c1-2-16(8-3-4-8)12(17)9-5-7(13)6-10(11(9)15)20(14,18)19/h5-6,8H,2-4H2,1H3. The lowest BCUT2D eigenvalue weighted by molar-refractivity contribution is 0.0747. The molecular formula is C12H12Cl2FNO3S. The summed E-state index contributed by atoms with van der Waals surface area (Å²) in [5.41, 5.74) is -0.370. The number of carbonyl (C=O) groups is 1. The lowest BCUT2D eigenvalue weighted by atomic mass is 10.1. The van der Waals surface area contributed by atoms with E-state index in [9.17, 15) is 17.6 Å². The minimum Gasteiger partial charge on any atom is -0.336 e. The van der Waals surface area contributed by atoms with Crippen molar-refractivity contribution in [1.29, 1.82) is 0 Å². The van der Waals surface area contributed by atoms with Gasteiger partial charge in [0.1, 0.15) is 4.90 Å². The summed E-state index contributed by atoms with van der Waals surface area (Å²) in [6.45, 7) is 2.19. The highest BCUT2D eigenvalue weighted by Gasteiger charge is 2.34. The average molecular weight is 340 g/mol. The van der Waals surface area contributed by atoms with Crippen LogP contribution < -0.4 is 0 Å². The third-order valence-corrected chi connectivity index (χ3v) is 4.63. The van der Waals surface area contributed by atoms with E-state index in [-0.39, 0.29) is 16.6 Å². The van der Waals surface area contributed by atoms with E-state index < -0.39 is 25.7 Å². The van der Waals surface area contributed by atoms with Gasteiger partial charge in [-0.1, -0.05) is 11.6 Å². The maximum Gasteiger partial charge on any atom is 0.264 e. The van der Waals surface area contributed by atoms with Gasteiger partial charge in [-0.25, -0.2) is 12.8 Å². The Kier molecular flexibility index (Phi) is 4.27. The molecule has 2 rings (SSSR count). The molecule has 1 aliphatic carbocycles. The molecule has 1 aromatic carbocycles. The predicted octanol–water partition coefficient (Wildman–Crippen LogP) is 3.03. The molecule has 110 valence electrons. The first-order valence-corrected chi connectivity index (χ1v) is 8.69. The van der Waals surface area contributed by atoms with Gasteiger partial charge < -0.3 is 4.90 Å². The summed E-state index contributed by atoms with van der Waals surface area (Å²) in [4.78, 5) is 13.0. The zero-order chi connectivity index (χ0) is 15.1. The number of rotatable bonds is 4. The lowest BCUT2D eigenvalue weighted by Crippen LogP contribution is -2.33. The minimum absolute atomic E-state index is 0.0548. The molecule has 0 radical (unpaired) electrons. The molecule has 1 saturated carbocycles. The highest BCUT2D eigenvalue weighted by molar-refractivity contribution is 8.13. The van der Waals surface area contributed by atoms with Gasteiger partial charge in [0.25, 0.3) is 15.0 Å². The molecule has 1 aliphatic rings. The van der Waals surface area contributed by atoms with Crippen LogP contribution in [0.4, 0.5) is 4.39 Å². The molecule has 1 fully saturated rings. The maximum absolute atomic E-state index is 14.2. The van der Waals surface area contributed by atoms with Crippen LogP contribution in [0.5, 0.6) is 0 Å². The van der Waals surface area contributed by atoms with Gasteiger partial charge in [0, 0.05) is 28.3 Å². The third-order valence-electron chi connectivity index (χ3n) is 3.09. The van der Waals surface area contributed by atoms with Crippen molar-refractivity contribution in [1.82, 2.24) is 4.90 Å². The second-order valence-corrected chi connectivity index (χ2v) is 7.50. The molecule has 0 aromatic heterocycles. The average Bonchev–Trinajstić information content (AvgIpc) is 3.15. The van der Waals surface area contributed by atoms with Crippen molar-refractivity contribution in [3.05, 3.63) is 28.5 Å². The fraction of sp³-hybridized carbons (Fsp3) is 0.417. The molecule has 0 spiro atoms. The highest BCUT2D eigenvalue weighted by Crippen LogP contribution is 2.31. The van der Waals surface area contributed by atoms with Gasteiger partial charge >= 0.3 is 0 Å². The van der Waals surface area contributed by atoms with E-state index in [1.54, 1.807) is 6.92 Å². The van der Waals surface area contributed by atoms with Gasteiger partial charge in [0.2, 0.25) is 0 Å². The first-order valence-electron chi connectivity index (χ1n) is 6.00. The van der Waals surface area contributed by atoms with Crippen molar-refractivity contribution in [3.63, 3.8) is 0 Å². The Balaban J connectivity index is 2.51. The quantitative estimate of drug-likeness (QED) is 0.792. The van der Waals surface area contributed by atoms with Crippen LogP contribution in [0, 0.1) is 5.82 Å². The van der Waals surface area contributed by atoms with E-state index in [0.29, 0.717) is 6.54 Å². The summed E-state index contributed by atoms with van der Waals surface area (Å²) < 4.78 is 36.8. The van der Waals surface area contributed by atoms with Gasteiger partial charge in [-0.3, -0.25) is 4.79 Å². The summed E-state index contributed by atoms with van der Waals surface area (Å²) in [5.74, 6) is -1.73. The Hall–Kier alpha value is -0.850. The largest absolute Gasteiger partial charge is 0.336 e. The molecule has 4 nitrogen and oxygen atoms in total. The van der Waals surface area contributed by atoms with Crippen LogP contribution in [0.3, 0.4) is 0 Å². The molecule has 20 heavy (non-hydrogen) atoms. The van der Waals surface area contributed by atoms with Crippen LogP contribution in [-0.2, 0) is 9.05 Å². The predicted molar refractivity (Wildman–Crippen MR) is 74.2 cm³/mol. The molecule has 8 heteroatoms. The molecule has 0 atom stereocenters. The zero-order valence-electron chi connectivity index (χ0n) is 10.6. The molecular weight excluding hydrogens is 328 g/mol. The number of benzene rings is 1. The van der Waals surface area contributed by atoms with E-state index in [4.69, 9.17) is 22.3 Å². The SMILES string of the molecule is CCN(C(=O)c1cc(Cl)cc(S(=O)(=O)Cl)c1F)C1CC1. The van der Waals surface area contributed by atoms with E-state index >= 15 is 0 Å². The maximum atomic E-state index is 14.2. The fourth-order valence-electron chi connectivity index (χ4n) is 2.01. The molecule has 1 amide bonds. The van der Waals surface area contributed by atoms with Crippen molar-refractivity contribution < 1.29 is 17.6 Å². The van der Waals surface area contributed by atoms with E-state index in [1.165, 1.54) is 4.90 Å². The van der Waals surface area contributed by atoms with Crippen LogP contribution in [0.25, 0.3) is 0 Å². The number of hydrogen-bond acceptors (Lipinski definition) is 3. The van der Waals surface area contributed by atoms with Crippen LogP contribution in [0.15, 0.2) is 17.0 Å². The molecule has 0 aliphatic heterocycles. The second-order valence-electron chi connectivity index (χ2n) is 4.53. The van der Waals surface area contributed by atoms with Gasteiger partial charge in [0.05, 0.1) is 5.56 Å². The smallest absolute Gasteiger partial charge is 0.264 e. The molecule has 0 bridgehead atoms. The molecule has 0 unspecified atom stereocenters. The third kappa shape index (κ3) is 3.07. The Morgan fingerprint density at radius 2 is 2.05 bits per heavy atom. The molecule has 0 saturated heterocycles. The Morgan fingerprint density at radius 1 is 1.45 bits per heavy atom. The van der Waals surface area contributed by atoms with Gasteiger partial charge in [-0.15, -0.1) is 0 Å². The number of carbonyl (C=O) groups excluding carboxylic acids is 1. The Morgan fingerprint density at radius 3 is 2.50 bits per heavy atom.